The summed E-state index contributed by atoms with van der Waals surface area (Å²) in [6.07, 6.45) is 1.37. The molecule has 0 unspecified atom stereocenters. The SMILES string of the molecule is COCC(=O)N1C[C@H](C(=O)N2CCOCC2)CC[C@@H]1c1ccc(F)cc1. The number of halogens is 1. The fraction of sp³-hybridized carbons (Fsp3) is 0.579. The molecule has 0 radical (unpaired) electrons. The van der Waals surface area contributed by atoms with E-state index in [4.69, 9.17) is 9.47 Å². The molecule has 1 aromatic carbocycles. The minimum absolute atomic E-state index is 0.0316. The monoisotopic (exact) mass is 364 g/mol. The molecule has 2 atom stereocenters. The Labute approximate surface area is 152 Å². The van der Waals surface area contributed by atoms with Crippen LogP contribution in [0.1, 0.15) is 24.4 Å². The Morgan fingerprint density at radius 3 is 2.54 bits per heavy atom. The molecule has 0 aromatic heterocycles. The molecule has 0 aliphatic carbocycles. The highest BCUT2D eigenvalue weighted by Gasteiger charge is 2.37. The molecule has 2 fully saturated rings. The first-order chi connectivity index (χ1) is 12.6. The molecule has 2 saturated heterocycles. The summed E-state index contributed by atoms with van der Waals surface area (Å²) in [4.78, 5) is 28.9. The number of hydrogen-bond acceptors (Lipinski definition) is 4. The summed E-state index contributed by atoms with van der Waals surface area (Å²) < 4.78 is 23.6. The average molecular weight is 364 g/mol. The normalized spacial score (nSPS) is 23.8. The van der Waals surface area contributed by atoms with Gasteiger partial charge in [0.1, 0.15) is 12.4 Å². The van der Waals surface area contributed by atoms with Crippen LogP contribution < -0.4 is 0 Å². The van der Waals surface area contributed by atoms with E-state index in [9.17, 15) is 14.0 Å². The molecule has 0 spiro atoms. The van der Waals surface area contributed by atoms with Gasteiger partial charge in [-0.2, -0.15) is 0 Å². The van der Waals surface area contributed by atoms with Crippen LogP contribution in [0.4, 0.5) is 4.39 Å². The second-order valence-electron chi connectivity index (χ2n) is 6.76. The van der Waals surface area contributed by atoms with Crippen LogP contribution in [0.2, 0.25) is 0 Å². The van der Waals surface area contributed by atoms with Crippen LogP contribution in [0.5, 0.6) is 0 Å². The van der Waals surface area contributed by atoms with Crippen molar-refractivity contribution in [2.75, 3.05) is 46.6 Å². The fourth-order valence-corrected chi connectivity index (χ4v) is 3.73. The highest BCUT2D eigenvalue weighted by molar-refractivity contribution is 5.82. The van der Waals surface area contributed by atoms with E-state index in [1.807, 2.05) is 4.90 Å². The second-order valence-corrected chi connectivity index (χ2v) is 6.76. The number of morpholine rings is 1. The van der Waals surface area contributed by atoms with E-state index in [0.29, 0.717) is 45.7 Å². The van der Waals surface area contributed by atoms with Crippen LogP contribution in [-0.2, 0) is 19.1 Å². The van der Waals surface area contributed by atoms with Crippen molar-refractivity contribution in [2.45, 2.75) is 18.9 Å². The first-order valence-corrected chi connectivity index (χ1v) is 9.00. The van der Waals surface area contributed by atoms with Crippen molar-refractivity contribution in [3.05, 3.63) is 35.6 Å². The van der Waals surface area contributed by atoms with Crippen LogP contribution in [0, 0.1) is 11.7 Å². The Kier molecular flexibility index (Phi) is 6.21. The lowest BCUT2D eigenvalue weighted by molar-refractivity contribution is -0.147. The Bertz CT molecular complexity index is 631. The van der Waals surface area contributed by atoms with E-state index < -0.39 is 0 Å². The molecule has 0 bridgehead atoms. The summed E-state index contributed by atoms with van der Waals surface area (Å²) in [6, 6.07) is 6.06. The van der Waals surface area contributed by atoms with E-state index in [1.165, 1.54) is 19.2 Å². The first kappa shape index (κ1) is 18.8. The third kappa shape index (κ3) is 4.22. The molecule has 7 heteroatoms. The van der Waals surface area contributed by atoms with E-state index in [-0.39, 0.29) is 36.2 Å². The molecule has 142 valence electrons. The predicted molar refractivity (Wildman–Crippen MR) is 92.9 cm³/mol. The maximum atomic E-state index is 13.2. The fourth-order valence-electron chi connectivity index (χ4n) is 3.73. The number of carbonyl (C=O) groups excluding carboxylic acids is 2. The zero-order chi connectivity index (χ0) is 18.5. The van der Waals surface area contributed by atoms with E-state index >= 15 is 0 Å². The number of methoxy groups -OCH3 is 1. The largest absolute Gasteiger partial charge is 0.378 e. The number of benzene rings is 1. The number of hydrogen-bond donors (Lipinski definition) is 0. The summed E-state index contributed by atoms with van der Waals surface area (Å²) in [6.45, 7) is 2.65. The number of piperidine rings is 1. The lowest BCUT2D eigenvalue weighted by atomic mass is 9.88. The Morgan fingerprint density at radius 1 is 1.19 bits per heavy atom. The van der Waals surface area contributed by atoms with Gasteiger partial charge >= 0.3 is 0 Å². The number of rotatable bonds is 4. The summed E-state index contributed by atoms with van der Waals surface area (Å²) in [5, 5.41) is 0. The van der Waals surface area contributed by atoms with Gasteiger partial charge in [-0.25, -0.2) is 4.39 Å². The molecule has 6 nitrogen and oxygen atoms in total. The number of amides is 2. The van der Waals surface area contributed by atoms with Gasteiger partial charge in [0.25, 0.3) is 0 Å². The molecule has 26 heavy (non-hydrogen) atoms. The van der Waals surface area contributed by atoms with Gasteiger partial charge in [-0.05, 0) is 30.5 Å². The van der Waals surface area contributed by atoms with Gasteiger partial charge in [0.05, 0.1) is 25.2 Å². The van der Waals surface area contributed by atoms with Gasteiger partial charge in [-0.15, -0.1) is 0 Å². The van der Waals surface area contributed by atoms with Gasteiger partial charge in [-0.3, -0.25) is 9.59 Å². The van der Waals surface area contributed by atoms with Crippen LogP contribution in [-0.4, -0.2) is 68.2 Å². The molecule has 1 aromatic rings. The molecule has 2 heterocycles. The minimum atomic E-state index is -0.306. The molecule has 3 rings (SSSR count). The summed E-state index contributed by atoms with van der Waals surface area (Å²) in [5.41, 5.74) is 0.883. The van der Waals surface area contributed by atoms with Crippen molar-refractivity contribution in [2.24, 2.45) is 5.92 Å². The maximum Gasteiger partial charge on any atom is 0.249 e. The number of nitrogens with zero attached hydrogens (tertiary/aromatic N) is 2. The van der Waals surface area contributed by atoms with Gasteiger partial charge in [0.2, 0.25) is 11.8 Å². The van der Waals surface area contributed by atoms with Crippen LogP contribution in [0.15, 0.2) is 24.3 Å². The van der Waals surface area contributed by atoms with Crippen molar-refractivity contribution in [1.82, 2.24) is 9.80 Å². The van der Waals surface area contributed by atoms with E-state index in [2.05, 4.69) is 0 Å². The topological polar surface area (TPSA) is 59.1 Å². The maximum absolute atomic E-state index is 13.2. The summed E-state index contributed by atoms with van der Waals surface area (Å²) in [5.74, 6) is -0.590. The third-order valence-electron chi connectivity index (χ3n) is 5.10. The lowest BCUT2D eigenvalue weighted by Gasteiger charge is -2.41. The summed E-state index contributed by atoms with van der Waals surface area (Å²) >= 11 is 0. The van der Waals surface area contributed by atoms with Gasteiger partial charge < -0.3 is 19.3 Å². The average Bonchev–Trinajstić information content (AvgIpc) is 2.68. The molecule has 2 amide bonds. The van der Waals surface area contributed by atoms with Gasteiger partial charge in [0, 0.05) is 26.7 Å². The highest BCUT2D eigenvalue weighted by Crippen LogP contribution is 2.34. The smallest absolute Gasteiger partial charge is 0.249 e. The first-order valence-electron chi connectivity index (χ1n) is 9.00. The highest BCUT2D eigenvalue weighted by atomic mass is 19.1. The predicted octanol–water partition coefficient (Wildman–Crippen LogP) is 1.61. The lowest BCUT2D eigenvalue weighted by Crippen LogP contribution is -2.50. The van der Waals surface area contributed by atoms with Crippen molar-refractivity contribution in [3.8, 4) is 0 Å². The van der Waals surface area contributed by atoms with E-state index in [0.717, 1.165) is 5.56 Å². The second kappa shape index (κ2) is 8.60. The van der Waals surface area contributed by atoms with Crippen LogP contribution in [0.25, 0.3) is 0 Å². The Morgan fingerprint density at radius 2 is 1.88 bits per heavy atom. The summed E-state index contributed by atoms with van der Waals surface area (Å²) in [7, 11) is 1.48. The number of carbonyl (C=O) groups is 2. The van der Waals surface area contributed by atoms with Crippen molar-refractivity contribution < 1.29 is 23.5 Å². The number of ether oxygens (including phenoxy) is 2. The van der Waals surface area contributed by atoms with Crippen molar-refractivity contribution >= 4 is 11.8 Å². The molecule has 2 aliphatic rings. The standard InChI is InChI=1S/C19H25FN2O4/c1-25-13-18(23)22-12-15(19(24)21-8-10-26-11-9-21)4-7-17(22)14-2-5-16(20)6-3-14/h2-3,5-6,15,17H,4,7-13H2,1H3/t15-,17-/m1/s1. The van der Waals surface area contributed by atoms with Crippen molar-refractivity contribution in [3.63, 3.8) is 0 Å². The molecule has 2 aliphatic heterocycles. The zero-order valence-electron chi connectivity index (χ0n) is 15.0. The molecule has 0 N–H and O–H groups in total. The Balaban J connectivity index is 1.75. The van der Waals surface area contributed by atoms with Crippen LogP contribution in [0.3, 0.4) is 0 Å². The van der Waals surface area contributed by atoms with Crippen LogP contribution >= 0.6 is 0 Å². The third-order valence-corrected chi connectivity index (χ3v) is 5.10. The number of likely N-dealkylation sites (tertiary alicyclic amines) is 1. The quantitative estimate of drug-likeness (QED) is 0.815. The Hall–Kier alpha value is -1.99. The molecule has 0 saturated carbocycles. The van der Waals surface area contributed by atoms with Gasteiger partial charge in [0.15, 0.2) is 0 Å². The zero-order valence-corrected chi connectivity index (χ0v) is 15.0. The molecular formula is C19H25FN2O4. The molecular weight excluding hydrogens is 339 g/mol. The minimum Gasteiger partial charge on any atom is -0.378 e. The van der Waals surface area contributed by atoms with E-state index in [1.54, 1.807) is 17.0 Å². The van der Waals surface area contributed by atoms with Gasteiger partial charge in [-0.1, -0.05) is 12.1 Å². The van der Waals surface area contributed by atoms with Crippen molar-refractivity contribution in [1.29, 1.82) is 0 Å².